The van der Waals surface area contributed by atoms with E-state index >= 15 is 0 Å². The Kier molecular flexibility index (Phi) is 4.99. The van der Waals surface area contributed by atoms with Gasteiger partial charge in [0, 0.05) is 29.3 Å². The molecule has 0 fully saturated rings. The van der Waals surface area contributed by atoms with Gasteiger partial charge in [0.05, 0.1) is 18.9 Å². The first-order chi connectivity index (χ1) is 13.0. The summed E-state index contributed by atoms with van der Waals surface area (Å²) in [5.41, 5.74) is 7.32. The number of nitrogens with one attached hydrogen (secondary N) is 1. The lowest BCUT2D eigenvalue weighted by molar-refractivity contribution is 0.0995. The number of rotatable bonds is 6. The van der Waals surface area contributed by atoms with Crippen LogP contribution >= 0.6 is 0 Å². The number of nitrogens with two attached hydrogens (primary N) is 1. The maximum atomic E-state index is 11.4. The first-order valence-electron chi connectivity index (χ1n) is 8.09. The lowest BCUT2D eigenvalue weighted by Crippen LogP contribution is -2.13. The number of nitrogens with zero attached hydrogens (tertiary/aromatic N) is 3. The fraction of sp³-hybridized carbons (Fsp3) is 0.100. The van der Waals surface area contributed by atoms with Crippen LogP contribution in [0.1, 0.15) is 10.5 Å². The van der Waals surface area contributed by atoms with E-state index in [0.29, 0.717) is 23.7 Å². The summed E-state index contributed by atoms with van der Waals surface area (Å²) in [5.74, 6) is 0.416. The number of aromatic nitrogens is 2. The van der Waals surface area contributed by atoms with Gasteiger partial charge >= 0.3 is 0 Å². The first kappa shape index (κ1) is 17.9. The number of primary amides is 1. The smallest absolute Gasteiger partial charge is 0.267 e. The van der Waals surface area contributed by atoms with Crippen LogP contribution in [0.5, 0.6) is 5.75 Å². The van der Waals surface area contributed by atoms with Crippen LogP contribution in [0.2, 0.25) is 0 Å². The van der Waals surface area contributed by atoms with Gasteiger partial charge in [0.1, 0.15) is 11.4 Å². The number of fused-ring (bicyclic) bond motifs is 1. The van der Waals surface area contributed by atoms with Crippen LogP contribution < -0.4 is 15.8 Å². The molecule has 27 heavy (non-hydrogen) atoms. The number of anilines is 1. The highest BCUT2D eigenvalue weighted by Crippen LogP contribution is 2.35. The number of methoxy groups -OCH3 is 1. The molecule has 0 aliphatic heterocycles. The zero-order valence-corrected chi connectivity index (χ0v) is 14.7. The molecule has 1 heterocycles. The Morgan fingerprint density at radius 3 is 2.81 bits per heavy atom. The summed E-state index contributed by atoms with van der Waals surface area (Å²) in [5, 5.41) is 14.0. The third-order valence-corrected chi connectivity index (χ3v) is 4.01. The highest BCUT2D eigenvalue weighted by molar-refractivity contribution is 5.99. The molecule has 1 amide bonds. The van der Waals surface area contributed by atoms with Gasteiger partial charge in [-0.25, -0.2) is 9.97 Å². The van der Waals surface area contributed by atoms with Gasteiger partial charge in [-0.15, -0.1) is 0 Å². The molecule has 0 aliphatic carbocycles. The Hall–Kier alpha value is -3.92. The highest BCUT2D eigenvalue weighted by atomic mass is 16.5. The Morgan fingerprint density at radius 2 is 2.11 bits per heavy atom. The third kappa shape index (κ3) is 3.70. The zero-order chi connectivity index (χ0) is 19.4. The molecule has 2 aromatic carbocycles. The predicted molar refractivity (Wildman–Crippen MR) is 103 cm³/mol. The quantitative estimate of drug-likeness (QED) is 0.654. The molecule has 7 heteroatoms. The maximum Gasteiger partial charge on any atom is 0.267 e. The molecule has 3 aromatic rings. The number of hydrogen-bond donors (Lipinski definition) is 2. The van der Waals surface area contributed by atoms with Gasteiger partial charge in [0.15, 0.2) is 5.82 Å². The van der Waals surface area contributed by atoms with Crippen molar-refractivity contribution in [3.8, 4) is 23.2 Å². The van der Waals surface area contributed by atoms with Gasteiger partial charge < -0.3 is 15.8 Å². The number of carbonyl (C=O) groups is 1. The van der Waals surface area contributed by atoms with Crippen molar-refractivity contribution in [3.63, 3.8) is 0 Å². The largest absolute Gasteiger partial charge is 0.495 e. The molecule has 0 radical (unpaired) electrons. The normalized spacial score (nSPS) is 10.2. The minimum atomic E-state index is -0.613. The van der Waals surface area contributed by atoms with Crippen LogP contribution in [-0.4, -0.2) is 29.5 Å². The Morgan fingerprint density at radius 1 is 1.33 bits per heavy atom. The van der Waals surface area contributed by atoms with Crippen molar-refractivity contribution in [2.45, 2.75) is 0 Å². The first-order valence-corrected chi connectivity index (χ1v) is 8.09. The standard InChI is InChI=1S/C20H17N5O2/c1-12(10-21)11-24-18-15-9-14(4-3-13(15)5-6-17(18)27-2)20-23-8-7-16(25-20)19(22)26/h3-9,24H,1,11H2,2H3,(H2,22,26). The second-order valence-electron chi connectivity index (χ2n) is 5.78. The summed E-state index contributed by atoms with van der Waals surface area (Å²) in [6, 6.07) is 13.0. The average molecular weight is 359 g/mol. The summed E-state index contributed by atoms with van der Waals surface area (Å²) >= 11 is 0. The topological polar surface area (TPSA) is 114 Å². The number of ether oxygens (including phenoxy) is 1. The van der Waals surface area contributed by atoms with Gasteiger partial charge in [-0.05, 0) is 23.6 Å². The van der Waals surface area contributed by atoms with Crippen LogP contribution in [0.4, 0.5) is 5.69 Å². The van der Waals surface area contributed by atoms with Crippen LogP contribution in [0.25, 0.3) is 22.2 Å². The van der Waals surface area contributed by atoms with Crippen LogP contribution in [0.3, 0.4) is 0 Å². The van der Waals surface area contributed by atoms with E-state index in [1.54, 1.807) is 7.11 Å². The number of benzene rings is 2. The van der Waals surface area contributed by atoms with Crippen molar-refractivity contribution in [1.29, 1.82) is 5.26 Å². The van der Waals surface area contributed by atoms with Crippen LogP contribution in [0.15, 0.2) is 54.7 Å². The molecule has 1 aromatic heterocycles. The molecular formula is C20H17N5O2. The van der Waals surface area contributed by atoms with Crippen LogP contribution in [-0.2, 0) is 0 Å². The molecule has 3 rings (SSSR count). The van der Waals surface area contributed by atoms with E-state index in [0.717, 1.165) is 22.0 Å². The molecule has 0 saturated carbocycles. The summed E-state index contributed by atoms with van der Waals surface area (Å²) in [7, 11) is 1.58. The van der Waals surface area contributed by atoms with Gasteiger partial charge in [-0.2, -0.15) is 5.26 Å². The highest BCUT2D eigenvalue weighted by Gasteiger charge is 2.12. The van der Waals surface area contributed by atoms with Crippen molar-refractivity contribution in [2.24, 2.45) is 5.73 Å². The molecule has 0 aliphatic rings. The number of nitriles is 1. The maximum absolute atomic E-state index is 11.4. The van der Waals surface area contributed by atoms with Crippen molar-refractivity contribution in [2.75, 3.05) is 19.0 Å². The average Bonchev–Trinajstić information content (AvgIpc) is 2.71. The minimum Gasteiger partial charge on any atom is -0.495 e. The van der Waals surface area contributed by atoms with Gasteiger partial charge in [0.25, 0.3) is 5.91 Å². The molecular weight excluding hydrogens is 342 g/mol. The van der Waals surface area contributed by atoms with Gasteiger partial charge in [-0.1, -0.05) is 24.8 Å². The molecule has 0 unspecified atom stereocenters. The van der Waals surface area contributed by atoms with E-state index in [2.05, 4.69) is 21.9 Å². The van der Waals surface area contributed by atoms with Gasteiger partial charge in [-0.3, -0.25) is 4.79 Å². The SMILES string of the molecule is C=C(C#N)CNc1c(OC)ccc2ccc(-c3nccc(C(N)=O)n3)cc12. The lowest BCUT2D eigenvalue weighted by atomic mass is 10.0. The van der Waals surface area contributed by atoms with E-state index in [1.165, 1.54) is 12.3 Å². The second kappa shape index (κ2) is 7.54. The van der Waals surface area contributed by atoms with Gasteiger partial charge in [0.2, 0.25) is 0 Å². The van der Waals surface area contributed by atoms with E-state index in [9.17, 15) is 4.79 Å². The van der Waals surface area contributed by atoms with Crippen molar-refractivity contribution >= 4 is 22.4 Å². The molecule has 3 N–H and O–H groups in total. The number of amides is 1. The van der Waals surface area contributed by atoms with E-state index in [-0.39, 0.29) is 5.69 Å². The summed E-state index contributed by atoms with van der Waals surface area (Å²) in [6.45, 7) is 3.98. The van der Waals surface area contributed by atoms with E-state index in [4.69, 9.17) is 15.7 Å². The Bertz CT molecular complexity index is 1090. The van der Waals surface area contributed by atoms with Crippen molar-refractivity contribution < 1.29 is 9.53 Å². The minimum absolute atomic E-state index is 0.148. The fourth-order valence-electron chi connectivity index (χ4n) is 2.66. The van der Waals surface area contributed by atoms with Crippen molar-refractivity contribution in [1.82, 2.24) is 9.97 Å². The summed E-state index contributed by atoms with van der Waals surface area (Å²) < 4.78 is 5.45. The Balaban J connectivity index is 2.12. The summed E-state index contributed by atoms with van der Waals surface area (Å²) in [4.78, 5) is 19.8. The zero-order valence-electron chi connectivity index (χ0n) is 14.7. The van der Waals surface area contributed by atoms with Crippen LogP contribution in [0, 0.1) is 11.3 Å². The molecule has 0 spiro atoms. The third-order valence-electron chi connectivity index (χ3n) is 4.01. The molecule has 134 valence electrons. The number of carbonyl (C=O) groups excluding carboxylic acids is 1. The Labute approximate surface area is 156 Å². The predicted octanol–water partition coefficient (Wildman–Crippen LogP) is 2.90. The monoisotopic (exact) mass is 359 g/mol. The summed E-state index contributed by atoms with van der Waals surface area (Å²) in [6.07, 6.45) is 1.49. The van der Waals surface area contributed by atoms with E-state index < -0.39 is 5.91 Å². The van der Waals surface area contributed by atoms with E-state index in [1.807, 2.05) is 36.4 Å². The molecule has 0 atom stereocenters. The second-order valence-corrected chi connectivity index (χ2v) is 5.78. The fourth-order valence-corrected chi connectivity index (χ4v) is 2.66. The molecule has 0 saturated heterocycles. The number of hydrogen-bond acceptors (Lipinski definition) is 6. The lowest BCUT2D eigenvalue weighted by Gasteiger charge is -2.14. The van der Waals surface area contributed by atoms with Crippen molar-refractivity contribution in [3.05, 3.63) is 60.4 Å². The molecule has 7 nitrogen and oxygen atoms in total. The molecule has 0 bridgehead atoms.